The summed E-state index contributed by atoms with van der Waals surface area (Å²) in [5, 5.41) is 20.1. The average molecular weight is 216 g/mol. The van der Waals surface area contributed by atoms with Gasteiger partial charge in [0, 0.05) is 13.2 Å². The molecule has 2 atom stereocenters. The van der Waals surface area contributed by atoms with Gasteiger partial charge in [-0.25, -0.2) is 0 Å². The molecule has 0 aromatic heterocycles. The summed E-state index contributed by atoms with van der Waals surface area (Å²) in [5.74, 6) is 0.442. The monoisotopic (exact) mass is 216 g/mol. The lowest BCUT2D eigenvalue weighted by molar-refractivity contribution is -0.0751. The zero-order chi connectivity index (χ0) is 11.3. The van der Waals surface area contributed by atoms with Crippen LogP contribution in [-0.4, -0.2) is 35.6 Å². The van der Waals surface area contributed by atoms with Gasteiger partial charge in [0.15, 0.2) is 0 Å². The number of ether oxygens (including phenoxy) is 1. The molecule has 0 amide bonds. The molecule has 90 valence electrons. The topological polar surface area (TPSA) is 49.7 Å². The van der Waals surface area contributed by atoms with Crippen LogP contribution in [0.1, 0.15) is 39.5 Å². The summed E-state index contributed by atoms with van der Waals surface area (Å²) >= 11 is 0. The zero-order valence-corrected chi connectivity index (χ0v) is 9.85. The molecule has 0 aliphatic carbocycles. The second kappa shape index (κ2) is 6.46. The first kappa shape index (κ1) is 12.9. The summed E-state index contributed by atoms with van der Waals surface area (Å²) in [5.41, 5.74) is 0. The number of aliphatic hydroxyl groups excluding tert-OH is 2. The second-order valence-corrected chi connectivity index (χ2v) is 4.51. The highest BCUT2D eigenvalue weighted by atomic mass is 16.5. The molecule has 1 fully saturated rings. The van der Waals surface area contributed by atoms with Gasteiger partial charge >= 0.3 is 0 Å². The Morgan fingerprint density at radius 1 is 1.13 bits per heavy atom. The highest BCUT2D eigenvalue weighted by Crippen LogP contribution is 2.26. The van der Waals surface area contributed by atoms with Crippen LogP contribution in [-0.2, 0) is 4.74 Å². The lowest BCUT2D eigenvalue weighted by Gasteiger charge is -2.33. The quantitative estimate of drug-likeness (QED) is 0.733. The number of hydrogen-bond donors (Lipinski definition) is 2. The van der Waals surface area contributed by atoms with E-state index in [-0.39, 0.29) is 11.8 Å². The largest absolute Gasteiger partial charge is 0.390 e. The molecule has 1 saturated heterocycles. The average Bonchev–Trinajstić information content (AvgIpc) is 2.30. The van der Waals surface area contributed by atoms with Crippen LogP contribution in [0, 0.1) is 11.8 Å². The summed E-state index contributed by atoms with van der Waals surface area (Å²) in [6.07, 6.45) is 2.47. The molecule has 1 aliphatic heterocycles. The van der Waals surface area contributed by atoms with E-state index in [9.17, 15) is 10.2 Å². The molecule has 0 aromatic rings. The lowest BCUT2D eigenvalue weighted by atomic mass is 9.83. The molecule has 2 N–H and O–H groups in total. The van der Waals surface area contributed by atoms with E-state index in [0.29, 0.717) is 0 Å². The van der Waals surface area contributed by atoms with E-state index >= 15 is 0 Å². The van der Waals surface area contributed by atoms with Gasteiger partial charge < -0.3 is 14.9 Å². The number of hydrogen-bond acceptors (Lipinski definition) is 3. The molecular formula is C12H24O3. The molecule has 3 nitrogen and oxygen atoms in total. The molecule has 1 heterocycles. The van der Waals surface area contributed by atoms with Crippen molar-refractivity contribution in [3.63, 3.8) is 0 Å². The lowest BCUT2D eigenvalue weighted by Crippen LogP contribution is -2.40. The van der Waals surface area contributed by atoms with Crippen LogP contribution >= 0.6 is 0 Å². The minimum absolute atomic E-state index is 0.217. The molecule has 0 aromatic carbocycles. The summed E-state index contributed by atoms with van der Waals surface area (Å²) in [4.78, 5) is 0. The van der Waals surface area contributed by atoms with Gasteiger partial charge in [-0.15, -0.1) is 0 Å². The van der Waals surface area contributed by atoms with Crippen molar-refractivity contribution in [3.8, 4) is 0 Å². The SMILES string of the molecule is CCC(CC)C(O)C(O)C1CCOCC1. The second-order valence-electron chi connectivity index (χ2n) is 4.51. The highest BCUT2D eigenvalue weighted by molar-refractivity contribution is 4.81. The van der Waals surface area contributed by atoms with E-state index in [1.807, 2.05) is 0 Å². The van der Waals surface area contributed by atoms with Gasteiger partial charge in [0.25, 0.3) is 0 Å². The number of aliphatic hydroxyl groups is 2. The van der Waals surface area contributed by atoms with Crippen molar-refractivity contribution < 1.29 is 14.9 Å². The van der Waals surface area contributed by atoms with Gasteiger partial charge in [0.2, 0.25) is 0 Å². The smallest absolute Gasteiger partial charge is 0.0831 e. The standard InChI is InChI=1S/C12H24O3/c1-3-9(4-2)11(13)12(14)10-5-7-15-8-6-10/h9-14H,3-8H2,1-2H3. The molecular weight excluding hydrogens is 192 g/mol. The number of rotatable bonds is 5. The van der Waals surface area contributed by atoms with E-state index in [4.69, 9.17) is 4.74 Å². The zero-order valence-electron chi connectivity index (χ0n) is 9.85. The van der Waals surface area contributed by atoms with Crippen molar-refractivity contribution >= 4 is 0 Å². The van der Waals surface area contributed by atoms with Crippen molar-refractivity contribution in [2.75, 3.05) is 13.2 Å². The Bertz CT molecular complexity index is 162. The normalized spacial score (nSPS) is 23.0. The highest BCUT2D eigenvalue weighted by Gasteiger charge is 2.31. The maximum absolute atomic E-state index is 10.1. The molecule has 0 bridgehead atoms. The first-order valence-corrected chi connectivity index (χ1v) is 6.14. The molecule has 2 unspecified atom stereocenters. The van der Waals surface area contributed by atoms with Crippen molar-refractivity contribution in [1.82, 2.24) is 0 Å². The third-order valence-corrected chi connectivity index (χ3v) is 3.63. The van der Waals surface area contributed by atoms with Crippen LogP contribution < -0.4 is 0 Å². The Kier molecular flexibility index (Phi) is 5.58. The predicted molar refractivity (Wildman–Crippen MR) is 59.6 cm³/mol. The van der Waals surface area contributed by atoms with Crippen molar-refractivity contribution in [2.24, 2.45) is 11.8 Å². The maximum Gasteiger partial charge on any atom is 0.0831 e. The predicted octanol–water partition coefficient (Wildman–Crippen LogP) is 1.57. The van der Waals surface area contributed by atoms with E-state index in [2.05, 4.69) is 13.8 Å². The third-order valence-electron chi connectivity index (χ3n) is 3.63. The fourth-order valence-electron chi connectivity index (χ4n) is 2.39. The Labute approximate surface area is 92.4 Å². The third kappa shape index (κ3) is 3.44. The van der Waals surface area contributed by atoms with E-state index in [0.717, 1.165) is 38.9 Å². The van der Waals surface area contributed by atoms with Crippen LogP contribution in [0.4, 0.5) is 0 Å². The summed E-state index contributed by atoms with van der Waals surface area (Å²) < 4.78 is 5.25. The van der Waals surface area contributed by atoms with Crippen LogP contribution in [0.25, 0.3) is 0 Å². The summed E-state index contributed by atoms with van der Waals surface area (Å²) in [6, 6.07) is 0. The van der Waals surface area contributed by atoms with Crippen molar-refractivity contribution in [3.05, 3.63) is 0 Å². The Morgan fingerprint density at radius 3 is 2.13 bits per heavy atom. The molecule has 0 radical (unpaired) electrons. The fraction of sp³-hybridized carbons (Fsp3) is 1.00. The van der Waals surface area contributed by atoms with Gasteiger partial charge in [0.1, 0.15) is 0 Å². The molecule has 0 saturated carbocycles. The Hall–Kier alpha value is -0.120. The summed E-state index contributed by atoms with van der Waals surface area (Å²) in [6.45, 7) is 5.57. The van der Waals surface area contributed by atoms with E-state index < -0.39 is 12.2 Å². The molecule has 15 heavy (non-hydrogen) atoms. The Morgan fingerprint density at radius 2 is 1.67 bits per heavy atom. The van der Waals surface area contributed by atoms with Gasteiger partial charge in [-0.05, 0) is 24.7 Å². The van der Waals surface area contributed by atoms with Crippen molar-refractivity contribution in [1.29, 1.82) is 0 Å². The van der Waals surface area contributed by atoms with Crippen LogP contribution in [0.2, 0.25) is 0 Å². The Balaban J connectivity index is 2.45. The maximum atomic E-state index is 10.1. The molecule has 1 rings (SSSR count). The van der Waals surface area contributed by atoms with Gasteiger partial charge in [-0.3, -0.25) is 0 Å². The minimum atomic E-state index is -0.571. The van der Waals surface area contributed by atoms with Crippen LogP contribution in [0.3, 0.4) is 0 Å². The van der Waals surface area contributed by atoms with E-state index in [1.165, 1.54) is 0 Å². The van der Waals surface area contributed by atoms with Crippen LogP contribution in [0.5, 0.6) is 0 Å². The van der Waals surface area contributed by atoms with E-state index in [1.54, 1.807) is 0 Å². The van der Waals surface area contributed by atoms with Crippen molar-refractivity contribution in [2.45, 2.75) is 51.7 Å². The van der Waals surface area contributed by atoms with Gasteiger partial charge in [-0.2, -0.15) is 0 Å². The van der Waals surface area contributed by atoms with Gasteiger partial charge in [0.05, 0.1) is 12.2 Å². The van der Waals surface area contributed by atoms with Gasteiger partial charge in [-0.1, -0.05) is 26.7 Å². The van der Waals surface area contributed by atoms with Crippen LogP contribution in [0.15, 0.2) is 0 Å². The first-order valence-electron chi connectivity index (χ1n) is 6.14. The fourth-order valence-corrected chi connectivity index (χ4v) is 2.39. The first-order chi connectivity index (χ1) is 7.20. The molecule has 1 aliphatic rings. The summed E-state index contributed by atoms with van der Waals surface area (Å²) in [7, 11) is 0. The molecule has 0 spiro atoms. The molecule has 3 heteroatoms. The minimum Gasteiger partial charge on any atom is -0.390 e.